The first-order chi connectivity index (χ1) is 8.60. The minimum atomic E-state index is 0.355. The summed E-state index contributed by atoms with van der Waals surface area (Å²) in [6.07, 6.45) is 0.704. The number of nitrogens with zero attached hydrogens (tertiary/aromatic N) is 2. The van der Waals surface area contributed by atoms with Gasteiger partial charge in [0.2, 0.25) is 11.8 Å². The average molecular weight is 307 g/mol. The average Bonchev–Trinajstić information content (AvgIpc) is 2.75. The maximum absolute atomic E-state index is 6.04. The molecule has 0 aliphatic carbocycles. The molecule has 1 N–H and O–H groups in total. The fraction of sp³-hybridized carbons (Fsp3) is 0.273. The van der Waals surface area contributed by atoms with Crippen LogP contribution in [0.1, 0.15) is 18.7 Å². The normalized spacial score (nSPS) is 10.7. The number of aryl methyl sites for hydroxylation is 1. The number of rotatable bonds is 4. The van der Waals surface area contributed by atoms with E-state index in [1.54, 1.807) is 12.1 Å². The molecule has 0 radical (unpaired) electrons. The summed E-state index contributed by atoms with van der Waals surface area (Å²) < 4.78 is 5.36. The van der Waals surface area contributed by atoms with Gasteiger partial charge in [-0.3, -0.25) is 0 Å². The Labute approximate surface area is 119 Å². The van der Waals surface area contributed by atoms with E-state index in [4.69, 9.17) is 39.2 Å². The number of hydrogen-bond acceptors (Lipinski definition) is 4. The molecule has 0 saturated heterocycles. The molecule has 1 heterocycles. The molecule has 2 aromatic rings. The number of aromatic nitrogens is 2. The molecule has 0 aliphatic rings. The van der Waals surface area contributed by atoms with Crippen LogP contribution >= 0.6 is 34.8 Å². The lowest BCUT2D eigenvalue weighted by Crippen LogP contribution is -2.01. The summed E-state index contributed by atoms with van der Waals surface area (Å²) >= 11 is 17.9. The van der Waals surface area contributed by atoms with E-state index in [1.807, 2.05) is 6.92 Å². The standard InChI is InChI=1S/C11H10Cl3N3O/c1-2-9-16-17-10(18-9)5-15-11-7(13)3-6(12)4-8(11)14/h3-4,15H,2,5H2,1H3. The minimum absolute atomic E-state index is 0.355. The van der Waals surface area contributed by atoms with Gasteiger partial charge < -0.3 is 9.73 Å². The second-order valence-corrected chi connectivity index (χ2v) is 4.79. The van der Waals surface area contributed by atoms with Crippen molar-refractivity contribution in [3.63, 3.8) is 0 Å². The summed E-state index contributed by atoms with van der Waals surface area (Å²) in [5.41, 5.74) is 0.596. The molecular weight excluding hydrogens is 296 g/mol. The van der Waals surface area contributed by atoms with E-state index in [1.165, 1.54) is 0 Å². The summed E-state index contributed by atoms with van der Waals surface area (Å²) in [5, 5.41) is 12.2. The predicted molar refractivity (Wildman–Crippen MR) is 72.5 cm³/mol. The fourth-order valence-electron chi connectivity index (χ4n) is 1.38. The van der Waals surface area contributed by atoms with Crippen LogP contribution in [0.2, 0.25) is 15.1 Å². The van der Waals surface area contributed by atoms with Crippen molar-refractivity contribution in [3.8, 4) is 0 Å². The van der Waals surface area contributed by atoms with Gasteiger partial charge in [0.05, 0.1) is 22.3 Å². The van der Waals surface area contributed by atoms with Crippen molar-refractivity contribution in [1.29, 1.82) is 0 Å². The zero-order chi connectivity index (χ0) is 13.1. The number of nitrogens with one attached hydrogen (secondary N) is 1. The molecule has 96 valence electrons. The lowest BCUT2D eigenvalue weighted by molar-refractivity contribution is 0.460. The first kappa shape index (κ1) is 13.5. The Balaban J connectivity index is 2.10. The van der Waals surface area contributed by atoms with Gasteiger partial charge in [-0.05, 0) is 12.1 Å². The molecule has 2 rings (SSSR count). The number of benzene rings is 1. The Morgan fingerprint density at radius 3 is 2.28 bits per heavy atom. The maximum atomic E-state index is 6.04. The van der Waals surface area contributed by atoms with Crippen molar-refractivity contribution in [2.75, 3.05) is 5.32 Å². The molecule has 0 aliphatic heterocycles. The van der Waals surface area contributed by atoms with Gasteiger partial charge in [-0.15, -0.1) is 10.2 Å². The third kappa shape index (κ3) is 3.07. The Hall–Kier alpha value is -0.970. The van der Waals surface area contributed by atoms with Gasteiger partial charge in [-0.25, -0.2) is 0 Å². The highest BCUT2D eigenvalue weighted by Crippen LogP contribution is 2.33. The van der Waals surface area contributed by atoms with Gasteiger partial charge in [0, 0.05) is 11.4 Å². The Kier molecular flexibility index (Phi) is 4.32. The molecule has 0 amide bonds. The maximum Gasteiger partial charge on any atom is 0.235 e. The number of hydrogen-bond donors (Lipinski definition) is 1. The zero-order valence-electron chi connectivity index (χ0n) is 9.51. The highest BCUT2D eigenvalue weighted by atomic mass is 35.5. The van der Waals surface area contributed by atoms with E-state index < -0.39 is 0 Å². The third-order valence-corrected chi connectivity index (χ3v) is 3.05. The summed E-state index contributed by atoms with van der Waals surface area (Å²) in [4.78, 5) is 0. The summed E-state index contributed by atoms with van der Waals surface area (Å²) in [6, 6.07) is 3.23. The monoisotopic (exact) mass is 305 g/mol. The van der Waals surface area contributed by atoms with E-state index >= 15 is 0 Å². The Morgan fingerprint density at radius 2 is 1.72 bits per heavy atom. The van der Waals surface area contributed by atoms with Crippen LogP contribution < -0.4 is 5.32 Å². The first-order valence-corrected chi connectivity index (χ1v) is 6.43. The van der Waals surface area contributed by atoms with Crippen LogP contribution in [0.15, 0.2) is 16.5 Å². The van der Waals surface area contributed by atoms with Crippen LogP contribution in [0.4, 0.5) is 5.69 Å². The van der Waals surface area contributed by atoms with Gasteiger partial charge in [-0.2, -0.15) is 0 Å². The Morgan fingerprint density at radius 1 is 1.11 bits per heavy atom. The van der Waals surface area contributed by atoms with Crippen LogP contribution in [-0.2, 0) is 13.0 Å². The molecule has 7 heteroatoms. The van der Waals surface area contributed by atoms with E-state index in [-0.39, 0.29) is 0 Å². The fourth-order valence-corrected chi connectivity index (χ4v) is 2.33. The van der Waals surface area contributed by atoms with Crippen LogP contribution in [0.3, 0.4) is 0 Å². The van der Waals surface area contributed by atoms with Crippen molar-refractivity contribution >= 4 is 40.5 Å². The zero-order valence-corrected chi connectivity index (χ0v) is 11.8. The quantitative estimate of drug-likeness (QED) is 0.919. The lowest BCUT2D eigenvalue weighted by atomic mass is 10.3. The predicted octanol–water partition coefficient (Wildman–Crippen LogP) is 4.20. The van der Waals surface area contributed by atoms with Crippen LogP contribution in [0.5, 0.6) is 0 Å². The van der Waals surface area contributed by atoms with E-state index in [9.17, 15) is 0 Å². The highest BCUT2D eigenvalue weighted by Gasteiger charge is 2.09. The topological polar surface area (TPSA) is 51.0 Å². The van der Waals surface area contributed by atoms with Gasteiger partial charge >= 0.3 is 0 Å². The smallest absolute Gasteiger partial charge is 0.235 e. The Bertz CT molecular complexity index is 533. The molecule has 0 unspecified atom stereocenters. The molecule has 0 bridgehead atoms. The molecule has 0 atom stereocenters. The molecule has 0 spiro atoms. The molecule has 4 nitrogen and oxygen atoms in total. The first-order valence-electron chi connectivity index (χ1n) is 5.29. The molecule has 1 aromatic carbocycles. The number of anilines is 1. The molecule has 18 heavy (non-hydrogen) atoms. The third-order valence-electron chi connectivity index (χ3n) is 2.23. The van der Waals surface area contributed by atoms with Gasteiger partial charge in [0.15, 0.2) is 0 Å². The highest BCUT2D eigenvalue weighted by molar-refractivity contribution is 6.41. The second kappa shape index (κ2) is 5.78. The number of halogens is 3. The second-order valence-electron chi connectivity index (χ2n) is 3.54. The molecule has 0 fully saturated rings. The van der Waals surface area contributed by atoms with Crippen molar-refractivity contribution in [1.82, 2.24) is 10.2 Å². The lowest BCUT2D eigenvalue weighted by Gasteiger charge is -2.08. The largest absolute Gasteiger partial charge is 0.423 e. The van der Waals surface area contributed by atoms with E-state index in [0.29, 0.717) is 45.5 Å². The van der Waals surface area contributed by atoms with Gasteiger partial charge in [-0.1, -0.05) is 41.7 Å². The van der Waals surface area contributed by atoms with Gasteiger partial charge in [0.1, 0.15) is 0 Å². The van der Waals surface area contributed by atoms with Crippen LogP contribution in [0, 0.1) is 0 Å². The molecule has 0 saturated carbocycles. The minimum Gasteiger partial charge on any atom is -0.423 e. The van der Waals surface area contributed by atoms with E-state index in [2.05, 4.69) is 15.5 Å². The van der Waals surface area contributed by atoms with Gasteiger partial charge in [0.25, 0.3) is 0 Å². The van der Waals surface area contributed by atoms with Crippen molar-refractivity contribution < 1.29 is 4.42 Å². The van der Waals surface area contributed by atoms with E-state index in [0.717, 1.165) is 0 Å². The molecular formula is C11H10Cl3N3O. The van der Waals surface area contributed by atoms with Crippen molar-refractivity contribution in [2.24, 2.45) is 0 Å². The molecule has 1 aromatic heterocycles. The van der Waals surface area contributed by atoms with Crippen molar-refractivity contribution in [2.45, 2.75) is 19.9 Å². The summed E-state index contributed by atoms with van der Waals surface area (Å²) in [6.45, 7) is 2.30. The van der Waals surface area contributed by atoms with Crippen LogP contribution in [-0.4, -0.2) is 10.2 Å². The van der Waals surface area contributed by atoms with Crippen molar-refractivity contribution in [3.05, 3.63) is 39.0 Å². The van der Waals surface area contributed by atoms with Crippen LogP contribution in [0.25, 0.3) is 0 Å². The SMILES string of the molecule is CCc1nnc(CNc2c(Cl)cc(Cl)cc2Cl)o1. The summed E-state index contributed by atoms with van der Waals surface area (Å²) in [5.74, 6) is 1.08. The summed E-state index contributed by atoms with van der Waals surface area (Å²) in [7, 11) is 0.